The van der Waals surface area contributed by atoms with Crippen molar-refractivity contribution in [2.45, 2.75) is 32.5 Å². The second kappa shape index (κ2) is 7.92. The number of halogens is 1. The van der Waals surface area contributed by atoms with Gasteiger partial charge in [-0.1, -0.05) is 5.11 Å². The van der Waals surface area contributed by atoms with Crippen molar-refractivity contribution in [2.24, 2.45) is 5.11 Å². The zero-order chi connectivity index (χ0) is 19.3. The normalized spacial score (nSPS) is 16.7. The number of hydrogen-bond acceptors (Lipinski definition) is 6. The summed E-state index contributed by atoms with van der Waals surface area (Å²) in [5.41, 5.74) is 8.10. The van der Waals surface area contributed by atoms with Gasteiger partial charge in [0.1, 0.15) is 24.1 Å². The number of amides is 1. The largest absolute Gasteiger partial charge is 0.459 e. The molecule has 26 heavy (non-hydrogen) atoms. The summed E-state index contributed by atoms with van der Waals surface area (Å²) in [6.45, 7) is 5.20. The molecule has 0 bridgehead atoms. The summed E-state index contributed by atoms with van der Waals surface area (Å²) >= 11 is 0. The van der Waals surface area contributed by atoms with Crippen LogP contribution in [0.3, 0.4) is 0 Å². The monoisotopic (exact) mass is 365 g/mol. The Hall–Kier alpha value is -3.00. The fraction of sp³-hybridized carbons (Fsp3) is 0.500. The number of ether oxygens (including phenoxy) is 2. The Bertz CT molecular complexity index is 743. The molecule has 1 amide bonds. The van der Waals surface area contributed by atoms with Crippen LogP contribution in [0.4, 0.5) is 20.6 Å². The van der Waals surface area contributed by atoms with Crippen molar-refractivity contribution < 1.29 is 23.5 Å². The zero-order valence-corrected chi connectivity index (χ0v) is 14.7. The predicted molar refractivity (Wildman–Crippen MR) is 92.4 cm³/mol. The first-order valence-corrected chi connectivity index (χ1v) is 7.94. The Morgan fingerprint density at radius 1 is 1.54 bits per heavy atom. The van der Waals surface area contributed by atoms with E-state index in [-0.39, 0.29) is 25.3 Å². The molecular formula is C16H20FN5O4. The summed E-state index contributed by atoms with van der Waals surface area (Å²) in [5, 5.41) is 6.02. The number of nitrogens with one attached hydrogen (secondary N) is 1. The van der Waals surface area contributed by atoms with E-state index in [1.807, 2.05) is 0 Å². The third-order valence-corrected chi connectivity index (χ3v) is 3.33. The summed E-state index contributed by atoms with van der Waals surface area (Å²) in [6, 6.07) is 4.11. The van der Waals surface area contributed by atoms with Gasteiger partial charge in [0.15, 0.2) is 0 Å². The van der Waals surface area contributed by atoms with Crippen molar-refractivity contribution in [3.05, 3.63) is 34.5 Å². The molecule has 0 spiro atoms. The highest BCUT2D eigenvalue weighted by Crippen LogP contribution is 2.26. The molecule has 0 radical (unpaired) electrons. The smallest absolute Gasteiger partial charge is 0.414 e. The summed E-state index contributed by atoms with van der Waals surface area (Å²) < 4.78 is 24.4. The highest BCUT2D eigenvalue weighted by Gasteiger charge is 2.32. The lowest BCUT2D eigenvalue weighted by Crippen LogP contribution is -2.28. The average molecular weight is 365 g/mol. The van der Waals surface area contributed by atoms with Gasteiger partial charge in [0.2, 0.25) is 0 Å². The lowest BCUT2D eigenvalue weighted by atomic mass is 10.2. The van der Waals surface area contributed by atoms with E-state index in [4.69, 9.17) is 15.0 Å². The molecule has 1 atom stereocenters. The molecule has 0 aromatic heterocycles. The van der Waals surface area contributed by atoms with Crippen molar-refractivity contribution >= 4 is 23.4 Å². The summed E-state index contributed by atoms with van der Waals surface area (Å²) in [4.78, 5) is 27.4. The minimum Gasteiger partial charge on any atom is -0.459 e. The standard InChI is InChI=1S/C16H20FN5O4/c1-16(2,3)26-14(23)8-19-13-5-4-10(6-12(13)17)22-9-11(7-20-21-18)25-15(22)24/h4-6,11,19H,7-9H2,1-3H3/t11-/m1/s1. The molecule has 140 valence electrons. The maximum Gasteiger partial charge on any atom is 0.414 e. The molecule has 1 heterocycles. The Morgan fingerprint density at radius 3 is 2.88 bits per heavy atom. The minimum absolute atomic E-state index is 0.0107. The molecule has 1 aromatic carbocycles. The van der Waals surface area contributed by atoms with Crippen LogP contribution in [-0.2, 0) is 14.3 Å². The SMILES string of the molecule is CC(C)(C)OC(=O)CNc1ccc(N2C[C@@H](CN=[N+]=[N-])OC2=O)cc1F. The van der Waals surface area contributed by atoms with E-state index >= 15 is 0 Å². The fourth-order valence-electron chi connectivity index (χ4n) is 2.32. The highest BCUT2D eigenvalue weighted by molar-refractivity contribution is 5.90. The van der Waals surface area contributed by atoms with E-state index in [9.17, 15) is 14.0 Å². The number of rotatable bonds is 6. The first-order valence-electron chi connectivity index (χ1n) is 7.94. The lowest BCUT2D eigenvalue weighted by molar-refractivity contribution is -0.152. The molecule has 1 saturated heterocycles. The van der Waals surface area contributed by atoms with E-state index in [0.717, 1.165) is 6.07 Å². The van der Waals surface area contributed by atoms with Crippen LogP contribution in [0.2, 0.25) is 0 Å². The molecule has 1 N–H and O–H groups in total. The number of esters is 1. The predicted octanol–water partition coefficient (Wildman–Crippen LogP) is 3.21. The van der Waals surface area contributed by atoms with Crippen LogP contribution < -0.4 is 10.2 Å². The molecule has 10 heteroatoms. The van der Waals surface area contributed by atoms with Gasteiger partial charge >= 0.3 is 12.1 Å². The molecule has 0 saturated carbocycles. The third kappa shape index (κ3) is 5.25. The molecule has 1 aliphatic heterocycles. The Balaban J connectivity index is 2.00. The second-order valence-corrected chi connectivity index (χ2v) is 6.63. The number of nitrogens with zero attached hydrogens (tertiary/aromatic N) is 4. The molecule has 9 nitrogen and oxygen atoms in total. The van der Waals surface area contributed by atoms with Crippen molar-refractivity contribution in [1.29, 1.82) is 0 Å². The van der Waals surface area contributed by atoms with Gasteiger partial charge in [-0.2, -0.15) is 0 Å². The van der Waals surface area contributed by atoms with E-state index in [1.54, 1.807) is 20.8 Å². The lowest BCUT2D eigenvalue weighted by Gasteiger charge is -2.20. The van der Waals surface area contributed by atoms with Gasteiger partial charge in [0.25, 0.3) is 0 Å². The first kappa shape index (κ1) is 19.3. The minimum atomic E-state index is -0.642. The maximum absolute atomic E-state index is 14.3. The van der Waals surface area contributed by atoms with E-state index in [2.05, 4.69) is 15.3 Å². The maximum atomic E-state index is 14.3. The van der Waals surface area contributed by atoms with Gasteiger partial charge in [-0.05, 0) is 44.5 Å². The second-order valence-electron chi connectivity index (χ2n) is 6.63. The molecule has 0 unspecified atom stereocenters. The van der Waals surface area contributed by atoms with Crippen LogP contribution in [0.25, 0.3) is 10.4 Å². The van der Waals surface area contributed by atoms with Crippen LogP contribution >= 0.6 is 0 Å². The van der Waals surface area contributed by atoms with Gasteiger partial charge in [0.05, 0.1) is 24.5 Å². The van der Waals surface area contributed by atoms with Crippen molar-refractivity contribution in [3.8, 4) is 0 Å². The summed E-state index contributed by atoms with van der Waals surface area (Å²) in [7, 11) is 0. The van der Waals surface area contributed by atoms with Gasteiger partial charge in [-0.25, -0.2) is 9.18 Å². The van der Waals surface area contributed by atoms with Crippen LogP contribution in [0.1, 0.15) is 20.8 Å². The van der Waals surface area contributed by atoms with Crippen molar-refractivity contribution in [3.63, 3.8) is 0 Å². The topological polar surface area (TPSA) is 117 Å². The van der Waals surface area contributed by atoms with Crippen LogP contribution in [0.5, 0.6) is 0 Å². The Labute approximate surface area is 149 Å². The van der Waals surface area contributed by atoms with Crippen LogP contribution in [0.15, 0.2) is 23.3 Å². The van der Waals surface area contributed by atoms with E-state index in [1.165, 1.54) is 17.0 Å². The van der Waals surface area contributed by atoms with Gasteiger partial charge in [-0.15, -0.1) is 0 Å². The molecule has 1 fully saturated rings. The first-order chi connectivity index (χ1) is 12.2. The molecule has 1 aliphatic rings. The zero-order valence-electron chi connectivity index (χ0n) is 14.7. The number of benzene rings is 1. The van der Waals surface area contributed by atoms with Gasteiger partial charge in [0, 0.05) is 4.91 Å². The number of cyclic esters (lactones) is 1. The Morgan fingerprint density at radius 2 is 2.27 bits per heavy atom. The number of carbonyl (C=O) groups excluding carboxylic acids is 2. The molecule has 0 aliphatic carbocycles. The van der Waals surface area contributed by atoms with E-state index in [0.29, 0.717) is 5.69 Å². The number of azide groups is 1. The highest BCUT2D eigenvalue weighted by atomic mass is 19.1. The van der Waals surface area contributed by atoms with Crippen molar-refractivity contribution in [2.75, 3.05) is 29.9 Å². The molecule has 1 aromatic rings. The third-order valence-electron chi connectivity index (χ3n) is 3.33. The Kier molecular flexibility index (Phi) is 5.89. The summed E-state index contributed by atoms with van der Waals surface area (Å²) in [5.74, 6) is -1.14. The van der Waals surface area contributed by atoms with E-state index < -0.39 is 29.6 Å². The number of anilines is 2. The average Bonchev–Trinajstić information content (AvgIpc) is 2.91. The fourth-order valence-corrected chi connectivity index (χ4v) is 2.32. The van der Waals surface area contributed by atoms with Crippen molar-refractivity contribution in [1.82, 2.24) is 0 Å². The quantitative estimate of drug-likeness (QED) is 0.359. The van der Waals surface area contributed by atoms with Gasteiger partial charge < -0.3 is 14.8 Å². The molecular weight excluding hydrogens is 345 g/mol. The number of hydrogen-bond donors (Lipinski definition) is 1. The number of carbonyl (C=O) groups is 2. The van der Waals surface area contributed by atoms with Gasteiger partial charge in [-0.3, -0.25) is 9.69 Å². The summed E-state index contributed by atoms with van der Waals surface area (Å²) in [6.07, 6.45) is -1.22. The van der Waals surface area contributed by atoms with Crippen LogP contribution in [0, 0.1) is 5.82 Å². The molecule has 2 rings (SSSR count). The van der Waals surface area contributed by atoms with Crippen LogP contribution in [-0.4, -0.2) is 43.4 Å².